The molecule has 1 saturated heterocycles. The number of anilines is 2. The lowest BCUT2D eigenvalue weighted by atomic mass is 10.1. The number of piperazine rings is 1. The van der Waals surface area contributed by atoms with E-state index in [2.05, 4.69) is 45.6 Å². The van der Waals surface area contributed by atoms with Crippen LogP contribution in [0, 0.1) is 11.3 Å². The number of primary amides is 1. The van der Waals surface area contributed by atoms with Crippen LogP contribution in [0.4, 0.5) is 11.4 Å². The van der Waals surface area contributed by atoms with Crippen molar-refractivity contribution in [1.82, 2.24) is 19.4 Å². The van der Waals surface area contributed by atoms with E-state index < -0.39 is 5.91 Å². The number of nitrogens with two attached hydrogens (primary N) is 1. The summed E-state index contributed by atoms with van der Waals surface area (Å²) >= 11 is 0. The van der Waals surface area contributed by atoms with E-state index in [1.807, 2.05) is 47.5 Å². The molecule has 1 aliphatic heterocycles. The van der Waals surface area contributed by atoms with E-state index in [-0.39, 0.29) is 0 Å². The van der Waals surface area contributed by atoms with Gasteiger partial charge in [0.2, 0.25) is 5.91 Å². The fourth-order valence-corrected chi connectivity index (χ4v) is 4.49. The summed E-state index contributed by atoms with van der Waals surface area (Å²) in [4.78, 5) is 16.0. The number of carbonyl (C=O) groups excluding carboxylic acids is 1. The summed E-state index contributed by atoms with van der Waals surface area (Å²) in [5, 5.41) is 18.5. The third-order valence-corrected chi connectivity index (χ3v) is 6.50. The predicted octanol–water partition coefficient (Wildman–Crippen LogP) is 2.91. The molecule has 1 fully saturated rings. The second-order valence-corrected chi connectivity index (χ2v) is 8.53. The number of hydrogen-bond donors (Lipinski definition) is 1. The largest absolute Gasteiger partial charge is 0.368 e. The van der Waals surface area contributed by atoms with Crippen molar-refractivity contribution in [2.75, 3.05) is 36.0 Å². The summed E-state index contributed by atoms with van der Waals surface area (Å²) in [6, 6.07) is 12.2. The minimum atomic E-state index is -0.515. The number of amides is 1. The normalized spacial score (nSPS) is 13.7. The van der Waals surface area contributed by atoms with Crippen molar-refractivity contribution in [3.05, 3.63) is 72.8 Å². The van der Waals surface area contributed by atoms with Crippen molar-refractivity contribution in [2.45, 2.75) is 13.5 Å². The second-order valence-electron chi connectivity index (χ2n) is 8.53. The van der Waals surface area contributed by atoms with Crippen LogP contribution in [0.1, 0.15) is 18.1 Å². The Labute approximate surface area is 203 Å². The van der Waals surface area contributed by atoms with Gasteiger partial charge in [0.05, 0.1) is 23.6 Å². The van der Waals surface area contributed by atoms with Crippen LogP contribution >= 0.6 is 0 Å². The van der Waals surface area contributed by atoms with Crippen LogP contribution in [0.3, 0.4) is 0 Å². The number of aryl methyl sites for hydroxylation is 1. The minimum Gasteiger partial charge on any atom is -0.368 e. The van der Waals surface area contributed by atoms with Crippen molar-refractivity contribution in [3.63, 3.8) is 0 Å². The van der Waals surface area contributed by atoms with Gasteiger partial charge < -0.3 is 15.5 Å². The van der Waals surface area contributed by atoms with Gasteiger partial charge in [-0.05, 0) is 30.7 Å². The third kappa shape index (κ3) is 4.10. The van der Waals surface area contributed by atoms with E-state index in [9.17, 15) is 10.1 Å². The van der Waals surface area contributed by atoms with Crippen LogP contribution in [0.15, 0.2) is 61.7 Å². The average Bonchev–Trinajstić information content (AvgIpc) is 3.55. The zero-order valence-electron chi connectivity index (χ0n) is 19.6. The fourth-order valence-electron chi connectivity index (χ4n) is 4.49. The van der Waals surface area contributed by atoms with Crippen LogP contribution in [0.2, 0.25) is 0 Å². The maximum Gasteiger partial charge on any atom is 0.248 e. The summed E-state index contributed by atoms with van der Waals surface area (Å²) in [6.45, 7) is 9.82. The number of pyridine rings is 1. The molecule has 1 aliphatic rings. The summed E-state index contributed by atoms with van der Waals surface area (Å²) in [5.41, 5.74) is 11.9. The molecule has 35 heavy (non-hydrogen) atoms. The molecule has 1 aromatic carbocycles. The minimum absolute atomic E-state index is 0.309. The molecule has 9 nitrogen and oxygen atoms in total. The molecule has 0 spiro atoms. The monoisotopic (exact) mass is 466 g/mol. The molecule has 0 unspecified atom stereocenters. The first-order valence-electron chi connectivity index (χ1n) is 11.5. The lowest BCUT2D eigenvalue weighted by Gasteiger charge is -2.37. The highest BCUT2D eigenvalue weighted by atomic mass is 16.1. The van der Waals surface area contributed by atoms with E-state index in [0.29, 0.717) is 11.1 Å². The maximum absolute atomic E-state index is 11.4. The molecule has 0 radical (unpaired) electrons. The molecular weight excluding hydrogens is 440 g/mol. The van der Waals surface area contributed by atoms with Crippen molar-refractivity contribution in [1.29, 1.82) is 5.26 Å². The number of nitrogens with zero attached hydrogens (tertiary/aromatic N) is 7. The molecule has 4 aromatic rings. The SMILES string of the molecule is C=C(C(N)=O)c1ccc(N2CCN(c3cc(-c4cnn(CC)c4)cn4ncc(C#N)c34)CC2)cc1. The molecule has 3 aromatic heterocycles. The Bertz CT molecular complexity index is 1450. The number of rotatable bonds is 6. The number of benzene rings is 1. The van der Waals surface area contributed by atoms with Crippen molar-refractivity contribution in [2.24, 2.45) is 5.73 Å². The van der Waals surface area contributed by atoms with E-state index >= 15 is 0 Å². The zero-order chi connectivity index (χ0) is 24.5. The van der Waals surface area contributed by atoms with Gasteiger partial charge in [0.1, 0.15) is 11.6 Å². The third-order valence-electron chi connectivity index (χ3n) is 6.50. The highest BCUT2D eigenvalue weighted by Crippen LogP contribution is 2.32. The Kier molecular flexibility index (Phi) is 5.71. The smallest absolute Gasteiger partial charge is 0.248 e. The lowest BCUT2D eigenvalue weighted by molar-refractivity contribution is -0.112. The summed E-state index contributed by atoms with van der Waals surface area (Å²) in [6.07, 6.45) is 7.45. The van der Waals surface area contributed by atoms with Crippen LogP contribution in [-0.2, 0) is 11.3 Å². The number of fused-ring (bicyclic) bond motifs is 1. The first kappa shape index (κ1) is 22.2. The Morgan fingerprint density at radius 3 is 2.40 bits per heavy atom. The van der Waals surface area contributed by atoms with Crippen molar-refractivity contribution >= 4 is 28.4 Å². The van der Waals surface area contributed by atoms with Crippen LogP contribution < -0.4 is 15.5 Å². The molecule has 5 rings (SSSR count). The standard InChI is InChI=1S/C26H26N8O/c1-3-33-16-22(15-29-33)20-12-24(25-21(13-27)14-30-34(25)17-20)32-10-8-31(9-11-32)23-6-4-19(5-7-23)18(2)26(28)35/h4-7,12,14-17H,2-3,8-11H2,1H3,(H2,28,35). The highest BCUT2D eigenvalue weighted by molar-refractivity contribution is 6.17. The second kappa shape index (κ2) is 8.99. The van der Waals surface area contributed by atoms with Gasteiger partial charge >= 0.3 is 0 Å². The molecule has 176 valence electrons. The van der Waals surface area contributed by atoms with Gasteiger partial charge in [-0.3, -0.25) is 9.48 Å². The Balaban J connectivity index is 1.41. The van der Waals surface area contributed by atoms with Gasteiger partial charge in [-0.25, -0.2) is 4.52 Å². The van der Waals surface area contributed by atoms with E-state index in [4.69, 9.17) is 5.73 Å². The molecule has 2 N–H and O–H groups in total. The van der Waals surface area contributed by atoms with Gasteiger partial charge in [0.15, 0.2) is 0 Å². The maximum atomic E-state index is 11.4. The van der Waals surface area contributed by atoms with E-state index in [1.165, 1.54) is 0 Å². The Morgan fingerprint density at radius 1 is 1.06 bits per heavy atom. The van der Waals surface area contributed by atoms with Gasteiger partial charge in [-0.15, -0.1) is 0 Å². The van der Waals surface area contributed by atoms with E-state index in [1.54, 1.807) is 10.7 Å². The first-order valence-corrected chi connectivity index (χ1v) is 11.5. The molecular formula is C26H26N8O. The molecule has 4 heterocycles. The molecule has 0 atom stereocenters. The fraction of sp³-hybridized carbons (Fsp3) is 0.231. The van der Waals surface area contributed by atoms with Gasteiger partial charge in [-0.1, -0.05) is 18.7 Å². The first-order chi connectivity index (χ1) is 17.0. The van der Waals surface area contributed by atoms with Crippen LogP contribution in [-0.4, -0.2) is 51.5 Å². The highest BCUT2D eigenvalue weighted by Gasteiger charge is 2.22. The van der Waals surface area contributed by atoms with Gasteiger partial charge in [-0.2, -0.15) is 15.5 Å². The molecule has 9 heteroatoms. The predicted molar refractivity (Wildman–Crippen MR) is 136 cm³/mol. The summed E-state index contributed by atoms with van der Waals surface area (Å²) in [5.74, 6) is -0.515. The quantitative estimate of drug-likeness (QED) is 0.438. The van der Waals surface area contributed by atoms with Crippen LogP contribution in [0.25, 0.3) is 22.2 Å². The molecule has 0 aliphatic carbocycles. The van der Waals surface area contributed by atoms with Gasteiger partial charge in [0, 0.05) is 67.5 Å². The zero-order valence-corrected chi connectivity index (χ0v) is 19.6. The van der Waals surface area contributed by atoms with Crippen molar-refractivity contribution in [3.8, 4) is 17.2 Å². The van der Waals surface area contributed by atoms with Gasteiger partial charge in [0.25, 0.3) is 0 Å². The van der Waals surface area contributed by atoms with Crippen molar-refractivity contribution < 1.29 is 4.79 Å². The topological polar surface area (TPSA) is 108 Å². The number of hydrogen-bond acceptors (Lipinski definition) is 6. The Morgan fingerprint density at radius 2 is 1.77 bits per heavy atom. The molecule has 0 bridgehead atoms. The van der Waals surface area contributed by atoms with Crippen LogP contribution in [0.5, 0.6) is 0 Å². The number of carbonyl (C=O) groups is 1. The molecule has 1 amide bonds. The average molecular weight is 467 g/mol. The summed E-state index contributed by atoms with van der Waals surface area (Å²) < 4.78 is 3.69. The lowest BCUT2D eigenvalue weighted by Crippen LogP contribution is -2.46. The van der Waals surface area contributed by atoms with E-state index in [0.717, 1.165) is 66.3 Å². The number of aromatic nitrogens is 4. The molecule has 0 saturated carbocycles. The number of nitriles is 1. The summed E-state index contributed by atoms with van der Waals surface area (Å²) in [7, 11) is 0. The Hall–Kier alpha value is -4.58.